The number of nitrogens with zero attached hydrogens (tertiary/aromatic N) is 1. The van der Waals surface area contributed by atoms with Gasteiger partial charge in [-0.2, -0.15) is 0 Å². The minimum atomic E-state index is 0.347. The Hall–Kier alpha value is -0.0800. The number of hydrogen-bond acceptors (Lipinski definition) is 2. The van der Waals surface area contributed by atoms with Crippen LogP contribution in [0.2, 0.25) is 0 Å². The van der Waals surface area contributed by atoms with Crippen LogP contribution in [-0.2, 0) is 0 Å². The third-order valence-electron chi connectivity index (χ3n) is 6.83. The van der Waals surface area contributed by atoms with Crippen molar-refractivity contribution < 1.29 is 0 Å². The van der Waals surface area contributed by atoms with E-state index in [9.17, 15) is 0 Å². The lowest BCUT2D eigenvalue weighted by atomic mass is 9.68. The van der Waals surface area contributed by atoms with Crippen LogP contribution in [0.1, 0.15) is 67.7 Å². The van der Waals surface area contributed by atoms with Gasteiger partial charge in [-0.3, -0.25) is 4.90 Å². The van der Waals surface area contributed by atoms with Crippen LogP contribution >= 0.6 is 0 Å². The van der Waals surface area contributed by atoms with Crippen LogP contribution in [0.3, 0.4) is 0 Å². The van der Waals surface area contributed by atoms with Crippen LogP contribution in [0, 0.1) is 29.1 Å². The molecule has 130 valence electrons. The highest BCUT2D eigenvalue weighted by molar-refractivity contribution is 4.97. The van der Waals surface area contributed by atoms with E-state index in [1.54, 1.807) is 0 Å². The van der Waals surface area contributed by atoms with Gasteiger partial charge in [0.1, 0.15) is 0 Å². The fourth-order valence-electron chi connectivity index (χ4n) is 5.02. The van der Waals surface area contributed by atoms with Gasteiger partial charge in [0.2, 0.25) is 0 Å². The normalized spacial score (nSPS) is 30.0. The molecule has 2 atom stereocenters. The average molecular weight is 309 g/mol. The molecule has 2 aliphatic heterocycles. The van der Waals surface area contributed by atoms with Crippen LogP contribution in [0.5, 0.6) is 0 Å². The van der Waals surface area contributed by atoms with Gasteiger partial charge in [0, 0.05) is 5.54 Å². The summed E-state index contributed by atoms with van der Waals surface area (Å²) in [6.07, 6.45) is 4.10. The number of hydrogen-bond donors (Lipinski definition) is 1. The fourth-order valence-corrected chi connectivity index (χ4v) is 5.02. The molecule has 0 spiro atoms. The third kappa shape index (κ3) is 3.87. The molecule has 0 aromatic rings. The Balaban J connectivity index is 2.04. The highest BCUT2D eigenvalue weighted by atomic mass is 15.2. The molecule has 0 amide bonds. The molecular weight excluding hydrogens is 268 g/mol. The molecule has 0 aromatic heterocycles. The predicted molar refractivity (Wildman–Crippen MR) is 97.1 cm³/mol. The van der Waals surface area contributed by atoms with E-state index in [-0.39, 0.29) is 0 Å². The maximum absolute atomic E-state index is 3.63. The van der Waals surface area contributed by atoms with Crippen molar-refractivity contribution >= 4 is 0 Å². The van der Waals surface area contributed by atoms with Gasteiger partial charge >= 0.3 is 0 Å². The highest BCUT2D eigenvalue weighted by Crippen LogP contribution is 2.41. The zero-order valence-electron chi connectivity index (χ0n) is 16.2. The van der Waals surface area contributed by atoms with Crippen molar-refractivity contribution in [3.05, 3.63) is 0 Å². The van der Waals surface area contributed by atoms with Crippen LogP contribution in [-0.4, -0.2) is 36.6 Å². The topological polar surface area (TPSA) is 15.3 Å². The van der Waals surface area contributed by atoms with Gasteiger partial charge in [0.15, 0.2) is 0 Å². The van der Waals surface area contributed by atoms with E-state index in [1.165, 1.54) is 45.4 Å². The van der Waals surface area contributed by atoms with Crippen LogP contribution in [0.15, 0.2) is 0 Å². The molecule has 0 radical (unpaired) electrons. The molecule has 0 aliphatic carbocycles. The number of rotatable bonds is 3. The van der Waals surface area contributed by atoms with Crippen LogP contribution < -0.4 is 5.32 Å². The van der Waals surface area contributed by atoms with Crippen molar-refractivity contribution in [2.45, 2.75) is 73.3 Å². The summed E-state index contributed by atoms with van der Waals surface area (Å²) in [6, 6.07) is 0. The Morgan fingerprint density at radius 2 is 1.55 bits per heavy atom. The van der Waals surface area contributed by atoms with Crippen molar-refractivity contribution in [1.29, 1.82) is 0 Å². The Kier molecular flexibility index (Phi) is 5.65. The summed E-state index contributed by atoms with van der Waals surface area (Å²) in [7, 11) is 0. The monoisotopic (exact) mass is 308 g/mol. The molecule has 2 nitrogen and oxygen atoms in total. The van der Waals surface area contributed by atoms with Crippen LogP contribution in [0.4, 0.5) is 0 Å². The predicted octanol–water partition coefficient (Wildman–Crippen LogP) is 4.40. The lowest BCUT2D eigenvalue weighted by Gasteiger charge is -2.53. The molecule has 2 fully saturated rings. The molecule has 2 heteroatoms. The van der Waals surface area contributed by atoms with E-state index in [1.807, 2.05) is 0 Å². The number of likely N-dealkylation sites (tertiary alicyclic amines) is 1. The molecule has 2 unspecified atom stereocenters. The van der Waals surface area contributed by atoms with Gasteiger partial charge in [-0.05, 0) is 88.4 Å². The van der Waals surface area contributed by atoms with E-state index in [2.05, 4.69) is 58.7 Å². The maximum Gasteiger partial charge on any atom is 0.0185 e. The Morgan fingerprint density at radius 1 is 0.955 bits per heavy atom. The Morgan fingerprint density at radius 3 is 2.05 bits per heavy atom. The van der Waals surface area contributed by atoms with Gasteiger partial charge in [-0.1, -0.05) is 34.6 Å². The molecule has 2 aliphatic rings. The van der Waals surface area contributed by atoms with Gasteiger partial charge in [-0.25, -0.2) is 0 Å². The summed E-state index contributed by atoms with van der Waals surface area (Å²) < 4.78 is 0. The van der Waals surface area contributed by atoms with Crippen molar-refractivity contribution in [3.63, 3.8) is 0 Å². The Labute approximate surface area is 139 Å². The molecule has 2 saturated heterocycles. The third-order valence-corrected chi connectivity index (χ3v) is 6.83. The second-order valence-electron chi connectivity index (χ2n) is 9.79. The van der Waals surface area contributed by atoms with Crippen LogP contribution in [0.25, 0.3) is 0 Å². The second-order valence-corrected chi connectivity index (χ2v) is 9.79. The van der Waals surface area contributed by atoms with Gasteiger partial charge in [0.25, 0.3) is 0 Å². The molecule has 0 saturated carbocycles. The summed E-state index contributed by atoms with van der Waals surface area (Å²) in [4.78, 5) is 2.82. The van der Waals surface area contributed by atoms with E-state index in [4.69, 9.17) is 0 Å². The molecule has 1 N–H and O–H groups in total. The maximum atomic E-state index is 3.63. The fraction of sp³-hybridized carbons (Fsp3) is 1.00. The lowest BCUT2D eigenvalue weighted by Crippen LogP contribution is -2.58. The number of nitrogens with one attached hydrogen (secondary N) is 1. The first-order valence-corrected chi connectivity index (χ1v) is 9.59. The summed E-state index contributed by atoms with van der Waals surface area (Å²) >= 11 is 0. The molecule has 2 rings (SSSR count). The Bertz CT molecular complexity index is 345. The zero-order chi connectivity index (χ0) is 16.5. The highest BCUT2D eigenvalue weighted by Gasteiger charge is 2.43. The minimum absolute atomic E-state index is 0.347. The lowest BCUT2D eigenvalue weighted by molar-refractivity contribution is -0.0244. The average Bonchev–Trinajstić information content (AvgIpc) is 2.46. The van der Waals surface area contributed by atoms with E-state index >= 15 is 0 Å². The smallest absolute Gasteiger partial charge is 0.0185 e. The summed E-state index contributed by atoms with van der Waals surface area (Å²) in [5.41, 5.74) is 0.825. The quantitative estimate of drug-likeness (QED) is 0.831. The summed E-state index contributed by atoms with van der Waals surface area (Å²) in [6.45, 7) is 22.1. The van der Waals surface area contributed by atoms with E-state index in [0.717, 1.165) is 23.7 Å². The number of piperidine rings is 2. The first-order chi connectivity index (χ1) is 10.1. The second kappa shape index (κ2) is 6.81. The molecule has 0 bridgehead atoms. The van der Waals surface area contributed by atoms with Gasteiger partial charge in [0.05, 0.1) is 0 Å². The molecular formula is C20H40N2. The molecule has 2 heterocycles. The summed E-state index contributed by atoms with van der Waals surface area (Å²) in [5.74, 6) is 3.33. The minimum Gasteiger partial charge on any atom is -0.316 e. The largest absolute Gasteiger partial charge is 0.316 e. The van der Waals surface area contributed by atoms with E-state index < -0.39 is 0 Å². The van der Waals surface area contributed by atoms with Crippen molar-refractivity contribution in [2.24, 2.45) is 29.1 Å². The molecule has 0 aromatic carbocycles. The van der Waals surface area contributed by atoms with Crippen molar-refractivity contribution in [2.75, 3.05) is 26.2 Å². The first-order valence-electron chi connectivity index (χ1n) is 9.59. The standard InChI is InChI=1S/C20H40N2/c1-15(2)17-14-21-11-8-18(17)20(6,7)22-12-9-16(10-13-22)19(3,4)5/h15-18,21H,8-14H2,1-7H3. The van der Waals surface area contributed by atoms with E-state index in [0.29, 0.717) is 11.0 Å². The summed E-state index contributed by atoms with van der Waals surface area (Å²) in [5, 5.41) is 3.63. The molecule has 22 heavy (non-hydrogen) atoms. The SMILES string of the molecule is CC(C)C1CNCCC1C(C)(C)N1CCC(C(C)(C)C)CC1. The van der Waals surface area contributed by atoms with Gasteiger partial charge in [-0.15, -0.1) is 0 Å². The zero-order valence-corrected chi connectivity index (χ0v) is 16.2. The van der Waals surface area contributed by atoms with Gasteiger partial charge < -0.3 is 5.32 Å². The first kappa shape index (κ1) is 18.3. The van der Waals surface area contributed by atoms with Crippen molar-refractivity contribution in [3.8, 4) is 0 Å². The van der Waals surface area contributed by atoms with Crippen molar-refractivity contribution in [1.82, 2.24) is 10.2 Å².